The Labute approximate surface area is 124 Å². The number of nitrogens with zero attached hydrogens (tertiary/aromatic N) is 3. The second-order valence-corrected chi connectivity index (χ2v) is 5.21. The number of hydrogen-bond acceptors (Lipinski definition) is 4. The van der Waals surface area contributed by atoms with E-state index in [2.05, 4.69) is 25.9 Å². The van der Waals surface area contributed by atoms with E-state index in [4.69, 9.17) is 10.00 Å². The Morgan fingerprint density at radius 3 is 2.65 bits per heavy atom. The van der Waals surface area contributed by atoms with Gasteiger partial charge in [-0.15, -0.1) is 0 Å². The summed E-state index contributed by atoms with van der Waals surface area (Å²) in [4.78, 5) is 8.43. The van der Waals surface area contributed by atoms with Crippen molar-refractivity contribution in [3.05, 3.63) is 46.1 Å². The van der Waals surface area contributed by atoms with Crippen LogP contribution in [-0.4, -0.2) is 9.97 Å². The lowest BCUT2D eigenvalue weighted by Gasteiger charge is -2.09. The topological polar surface area (TPSA) is 58.8 Å². The molecule has 0 aliphatic carbocycles. The van der Waals surface area contributed by atoms with Crippen molar-refractivity contribution >= 4 is 15.9 Å². The van der Waals surface area contributed by atoms with Gasteiger partial charge in [-0.05, 0) is 34.1 Å². The molecule has 2 rings (SSSR count). The van der Waals surface area contributed by atoms with E-state index in [1.807, 2.05) is 19.9 Å². The molecule has 1 aromatic carbocycles. The van der Waals surface area contributed by atoms with E-state index in [1.165, 1.54) is 12.1 Å². The Morgan fingerprint density at radius 2 is 2.05 bits per heavy atom. The fourth-order valence-corrected chi connectivity index (χ4v) is 1.87. The first-order valence-corrected chi connectivity index (χ1v) is 6.71. The molecule has 0 spiro atoms. The molecule has 0 unspecified atom stereocenters. The molecule has 0 bridgehead atoms. The standard InChI is InChI=1S/C14H11BrFN3O/c1-8(2)14-18-12(15)6-13(19-14)20-11-4-3-9(7-17)5-10(11)16/h3-6,8H,1-2H3. The SMILES string of the molecule is CC(C)c1nc(Br)cc(Oc2ccc(C#N)cc2F)n1. The first-order valence-electron chi connectivity index (χ1n) is 5.91. The van der Waals surface area contributed by atoms with Gasteiger partial charge in [0.15, 0.2) is 11.6 Å². The molecular weight excluding hydrogens is 325 g/mol. The van der Waals surface area contributed by atoms with Crippen LogP contribution in [0.5, 0.6) is 11.6 Å². The van der Waals surface area contributed by atoms with Crippen LogP contribution in [0.1, 0.15) is 31.2 Å². The zero-order chi connectivity index (χ0) is 14.7. The maximum Gasteiger partial charge on any atom is 0.223 e. The zero-order valence-electron chi connectivity index (χ0n) is 10.9. The van der Waals surface area contributed by atoms with Crippen molar-refractivity contribution in [3.63, 3.8) is 0 Å². The van der Waals surface area contributed by atoms with Crippen molar-refractivity contribution in [2.24, 2.45) is 0 Å². The van der Waals surface area contributed by atoms with Crippen LogP contribution in [0.25, 0.3) is 0 Å². The lowest BCUT2D eigenvalue weighted by atomic mass is 10.2. The van der Waals surface area contributed by atoms with Crippen molar-refractivity contribution in [3.8, 4) is 17.7 Å². The van der Waals surface area contributed by atoms with Gasteiger partial charge in [-0.25, -0.2) is 9.37 Å². The van der Waals surface area contributed by atoms with E-state index in [0.29, 0.717) is 10.4 Å². The monoisotopic (exact) mass is 335 g/mol. The third-order valence-corrected chi connectivity index (χ3v) is 2.89. The average Bonchev–Trinajstić information content (AvgIpc) is 2.40. The minimum absolute atomic E-state index is 0.0179. The van der Waals surface area contributed by atoms with Crippen LogP contribution in [0.15, 0.2) is 28.9 Å². The van der Waals surface area contributed by atoms with Crippen LogP contribution in [-0.2, 0) is 0 Å². The Kier molecular flexibility index (Phi) is 4.30. The second-order valence-electron chi connectivity index (χ2n) is 4.40. The molecule has 20 heavy (non-hydrogen) atoms. The predicted molar refractivity (Wildman–Crippen MR) is 75.0 cm³/mol. The molecule has 1 aromatic heterocycles. The molecule has 0 aliphatic heterocycles. The summed E-state index contributed by atoms with van der Waals surface area (Å²) in [6.45, 7) is 3.90. The summed E-state index contributed by atoms with van der Waals surface area (Å²) >= 11 is 3.27. The summed E-state index contributed by atoms with van der Waals surface area (Å²) in [5.74, 6) is 0.387. The summed E-state index contributed by atoms with van der Waals surface area (Å²) in [7, 11) is 0. The van der Waals surface area contributed by atoms with Crippen LogP contribution in [0.2, 0.25) is 0 Å². The predicted octanol–water partition coefficient (Wildman–Crippen LogP) is 4.17. The molecule has 0 fully saturated rings. The van der Waals surface area contributed by atoms with Gasteiger partial charge in [0.1, 0.15) is 10.4 Å². The molecule has 102 valence electrons. The van der Waals surface area contributed by atoms with Crippen LogP contribution >= 0.6 is 15.9 Å². The fourth-order valence-electron chi connectivity index (χ4n) is 1.49. The van der Waals surface area contributed by atoms with Crippen molar-refractivity contribution < 1.29 is 9.13 Å². The molecule has 0 aliphatic rings. The smallest absolute Gasteiger partial charge is 0.223 e. The van der Waals surface area contributed by atoms with Crippen LogP contribution in [0.4, 0.5) is 4.39 Å². The van der Waals surface area contributed by atoms with Crippen LogP contribution in [0.3, 0.4) is 0 Å². The third-order valence-electron chi connectivity index (χ3n) is 2.48. The quantitative estimate of drug-likeness (QED) is 0.790. The molecule has 0 amide bonds. The van der Waals surface area contributed by atoms with E-state index in [1.54, 1.807) is 6.07 Å². The highest BCUT2D eigenvalue weighted by Crippen LogP contribution is 2.26. The highest BCUT2D eigenvalue weighted by atomic mass is 79.9. The molecular formula is C14H11BrFN3O. The molecule has 0 N–H and O–H groups in total. The fraction of sp³-hybridized carbons (Fsp3) is 0.214. The molecule has 1 heterocycles. The van der Waals surface area contributed by atoms with Gasteiger partial charge < -0.3 is 4.74 Å². The maximum atomic E-state index is 13.8. The van der Waals surface area contributed by atoms with Crippen molar-refractivity contribution in [1.82, 2.24) is 9.97 Å². The van der Waals surface area contributed by atoms with Crippen molar-refractivity contribution in [2.75, 3.05) is 0 Å². The molecule has 0 radical (unpaired) electrons. The lowest BCUT2D eigenvalue weighted by molar-refractivity contribution is 0.422. The van der Waals surface area contributed by atoms with Gasteiger partial charge in [0.25, 0.3) is 0 Å². The number of rotatable bonds is 3. The van der Waals surface area contributed by atoms with Gasteiger partial charge in [0.2, 0.25) is 5.88 Å². The summed E-state index contributed by atoms with van der Waals surface area (Å²) < 4.78 is 19.7. The van der Waals surface area contributed by atoms with Crippen LogP contribution < -0.4 is 4.74 Å². The highest BCUT2D eigenvalue weighted by molar-refractivity contribution is 9.10. The number of benzene rings is 1. The van der Waals surface area contributed by atoms with Gasteiger partial charge in [-0.2, -0.15) is 10.2 Å². The average molecular weight is 336 g/mol. The van der Waals surface area contributed by atoms with E-state index in [0.717, 1.165) is 6.07 Å². The zero-order valence-corrected chi connectivity index (χ0v) is 12.5. The van der Waals surface area contributed by atoms with E-state index >= 15 is 0 Å². The van der Waals surface area contributed by atoms with Crippen LogP contribution in [0, 0.1) is 17.1 Å². The number of halogens is 2. The summed E-state index contributed by atoms with van der Waals surface area (Å²) in [6, 6.07) is 7.43. The van der Waals surface area contributed by atoms with Gasteiger partial charge in [-0.1, -0.05) is 13.8 Å². The summed E-state index contributed by atoms with van der Waals surface area (Å²) in [6.07, 6.45) is 0. The maximum absolute atomic E-state index is 13.8. The van der Waals surface area contributed by atoms with Gasteiger partial charge in [0.05, 0.1) is 11.6 Å². The molecule has 0 saturated carbocycles. The molecule has 0 saturated heterocycles. The molecule has 4 nitrogen and oxygen atoms in total. The summed E-state index contributed by atoms with van der Waals surface area (Å²) in [5.41, 5.74) is 0.238. The Hall–Kier alpha value is -2.00. The van der Waals surface area contributed by atoms with Gasteiger partial charge in [-0.3, -0.25) is 0 Å². The number of hydrogen-bond donors (Lipinski definition) is 0. The van der Waals surface area contributed by atoms with E-state index < -0.39 is 5.82 Å². The largest absolute Gasteiger partial charge is 0.436 e. The first kappa shape index (κ1) is 14.4. The third kappa shape index (κ3) is 3.31. The Balaban J connectivity index is 2.33. The normalized spacial score (nSPS) is 10.4. The molecule has 2 aromatic rings. The minimum Gasteiger partial charge on any atom is -0.436 e. The molecule has 0 atom stereocenters. The Bertz CT molecular complexity index is 683. The van der Waals surface area contributed by atoms with Gasteiger partial charge >= 0.3 is 0 Å². The number of nitriles is 1. The van der Waals surface area contributed by atoms with Crippen molar-refractivity contribution in [1.29, 1.82) is 5.26 Å². The lowest BCUT2D eigenvalue weighted by Crippen LogP contribution is -2.00. The molecule has 6 heteroatoms. The first-order chi connectivity index (χ1) is 9.49. The van der Waals surface area contributed by atoms with E-state index in [9.17, 15) is 4.39 Å². The number of ether oxygens (including phenoxy) is 1. The second kappa shape index (κ2) is 5.97. The Morgan fingerprint density at radius 1 is 1.30 bits per heavy atom. The van der Waals surface area contributed by atoms with Gasteiger partial charge in [0, 0.05) is 12.0 Å². The van der Waals surface area contributed by atoms with E-state index in [-0.39, 0.29) is 23.1 Å². The van der Waals surface area contributed by atoms with Crippen molar-refractivity contribution in [2.45, 2.75) is 19.8 Å². The summed E-state index contributed by atoms with van der Waals surface area (Å²) in [5, 5.41) is 8.69. The highest BCUT2D eigenvalue weighted by Gasteiger charge is 2.11. The number of aromatic nitrogens is 2. The minimum atomic E-state index is -0.607.